The Labute approximate surface area is 81.0 Å². The summed E-state index contributed by atoms with van der Waals surface area (Å²) in [6.07, 6.45) is 6.27. The second kappa shape index (κ2) is 5.42. The van der Waals surface area contributed by atoms with Crippen molar-refractivity contribution in [3.8, 4) is 0 Å². The second-order valence-electron chi connectivity index (χ2n) is 2.41. The van der Waals surface area contributed by atoms with Crippen LogP contribution in [-0.4, -0.2) is 21.2 Å². The molecule has 0 aliphatic heterocycles. The lowest BCUT2D eigenvalue weighted by atomic mass is 10.3. The molecule has 1 rings (SSSR count). The van der Waals surface area contributed by atoms with Gasteiger partial charge in [0.25, 0.3) is 5.91 Å². The fourth-order valence-corrected chi connectivity index (χ4v) is 1.20. The Bertz CT molecular complexity index is 282. The van der Waals surface area contributed by atoms with Crippen LogP contribution in [0.2, 0.25) is 0 Å². The first-order valence-electron chi connectivity index (χ1n) is 4.01. The van der Waals surface area contributed by atoms with Gasteiger partial charge in [0.1, 0.15) is 0 Å². The number of nitrogens with zero attached hydrogens (tertiary/aromatic N) is 2. The second-order valence-corrected chi connectivity index (χ2v) is 2.96. The van der Waals surface area contributed by atoms with Gasteiger partial charge in [-0.15, -0.1) is 0 Å². The molecule has 13 heavy (non-hydrogen) atoms. The summed E-state index contributed by atoms with van der Waals surface area (Å²) >= 11 is 1.04. The van der Waals surface area contributed by atoms with E-state index in [1.54, 1.807) is 0 Å². The van der Waals surface area contributed by atoms with Crippen LogP contribution in [-0.2, 0) is 0 Å². The monoisotopic (exact) mass is 197 g/mol. The number of carbonyl (C=O) groups is 1. The third kappa shape index (κ3) is 3.33. The van der Waals surface area contributed by atoms with E-state index < -0.39 is 0 Å². The molecule has 5 heteroatoms. The highest BCUT2D eigenvalue weighted by molar-refractivity contribution is 6.99. The SMILES string of the molecule is C/C=C/CCNC(=O)c1cnsn1. The molecular formula is C8H11N3OS. The maximum atomic E-state index is 11.2. The van der Waals surface area contributed by atoms with Crippen LogP contribution in [0, 0.1) is 0 Å². The highest BCUT2D eigenvalue weighted by atomic mass is 32.1. The van der Waals surface area contributed by atoms with Crippen LogP contribution in [0.15, 0.2) is 18.3 Å². The molecule has 1 amide bonds. The molecule has 1 N–H and O–H groups in total. The number of amides is 1. The normalized spacial score (nSPS) is 10.5. The van der Waals surface area contributed by atoms with Crippen LogP contribution in [0.4, 0.5) is 0 Å². The summed E-state index contributed by atoms with van der Waals surface area (Å²) < 4.78 is 7.56. The predicted octanol–water partition coefficient (Wildman–Crippen LogP) is 1.23. The van der Waals surface area contributed by atoms with E-state index in [-0.39, 0.29) is 5.91 Å². The van der Waals surface area contributed by atoms with Gasteiger partial charge in [-0.05, 0) is 13.3 Å². The molecule has 0 saturated heterocycles. The van der Waals surface area contributed by atoms with Crippen LogP contribution >= 0.6 is 11.7 Å². The standard InChI is InChI=1S/C8H11N3OS/c1-2-3-4-5-9-8(12)7-6-10-13-11-7/h2-3,6H,4-5H2,1H3,(H,9,12)/b3-2+. The Morgan fingerprint density at radius 1 is 1.77 bits per heavy atom. The minimum atomic E-state index is -0.154. The molecule has 4 nitrogen and oxygen atoms in total. The average molecular weight is 197 g/mol. The van der Waals surface area contributed by atoms with Crippen molar-refractivity contribution in [1.82, 2.24) is 14.1 Å². The van der Waals surface area contributed by atoms with Gasteiger partial charge in [-0.25, -0.2) is 0 Å². The third-order valence-electron chi connectivity index (χ3n) is 1.43. The van der Waals surface area contributed by atoms with Gasteiger partial charge in [0, 0.05) is 6.54 Å². The summed E-state index contributed by atoms with van der Waals surface area (Å²) in [4.78, 5) is 11.2. The fraction of sp³-hybridized carbons (Fsp3) is 0.375. The molecule has 1 aromatic rings. The van der Waals surface area contributed by atoms with Crippen LogP contribution < -0.4 is 5.32 Å². The van der Waals surface area contributed by atoms with Crippen LogP contribution in [0.25, 0.3) is 0 Å². The molecule has 0 bridgehead atoms. The maximum absolute atomic E-state index is 11.2. The van der Waals surface area contributed by atoms with Crippen molar-refractivity contribution >= 4 is 17.6 Å². The quantitative estimate of drug-likeness (QED) is 0.583. The van der Waals surface area contributed by atoms with E-state index in [1.165, 1.54) is 6.20 Å². The molecule has 0 atom stereocenters. The van der Waals surface area contributed by atoms with Crippen molar-refractivity contribution in [2.24, 2.45) is 0 Å². The Morgan fingerprint density at radius 3 is 3.23 bits per heavy atom. The number of nitrogens with one attached hydrogen (secondary N) is 1. The number of hydrogen-bond acceptors (Lipinski definition) is 4. The topological polar surface area (TPSA) is 54.9 Å². The van der Waals surface area contributed by atoms with Gasteiger partial charge in [-0.2, -0.15) is 8.75 Å². The van der Waals surface area contributed by atoms with Gasteiger partial charge in [0.15, 0.2) is 5.69 Å². The van der Waals surface area contributed by atoms with Gasteiger partial charge in [0.05, 0.1) is 17.9 Å². The molecule has 0 saturated carbocycles. The number of allylic oxidation sites excluding steroid dienone is 1. The zero-order valence-electron chi connectivity index (χ0n) is 7.36. The van der Waals surface area contributed by atoms with E-state index in [0.29, 0.717) is 12.2 Å². The van der Waals surface area contributed by atoms with E-state index in [4.69, 9.17) is 0 Å². The highest BCUT2D eigenvalue weighted by Crippen LogP contribution is 1.94. The van der Waals surface area contributed by atoms with E-state index in [9.17, 15) is 4.79 Å². The molecule has 1 aromatic heterocycles. The molecular weight excluding hydrogens is 186 g/mol. The van der Waals surface area contributed by atoms with Gasteiger partial charge in [0.2, 0.25) is 0 Å². The molecule has 0 fully saturated rings. The first-order valence-corrected chi connectivity index (χ1v) is 4.74. The van der Waals surface area contributed by atoms with Crippen LogP contribution in [0.1, 0.15) is 23.8 Å². The smallest absolute Gasteiger partial charge is 0.272 e. The molecule has 1 heterocycles. The van der Waals surface area contributed by atoms with E-state index >= 15 is 0 Å². The van der Waals surface area contributed by atoms with Crippen molar-refractivity contribution in [2.75, 3.05) is 6.54 Å². The largest absolute Gasteiger partial charge is 0.350 e. The molecule has 0 aromatic carbocycles. The lowest BCUT2D eigenvalue weighted by Crippen LogP contribution is -2.24. The molecule has 70 valence electrons. The van der Waals surface area contributed by atoms with Crippen molar-refractivity contribution in [3.63, 3.8) is 0 Å². The van der Waals surface area contributed by atoms with E-state index in [0.717, 1.165) is 18.1 Å². The minimum absolute atomic E-state index is 0.154. The van der Waals surface area contributed by atoms with Gasteiger partial charge < -0.3 is 5.32 Å². The van der Waals surface area contributed by atoms with Crippen LogP contribution in [0.3, 0.4) is 0 Å². The van der Waals surface area contributed by atoms with Crippen molar-refractivity contribution < 1.29 is 4.79 Å². The summed E-state index contributed by atoms with van der Waals surface area (Å²) in [5.41, 5.74) is 0.394. The third-order valence-corrected chi connectivity index (χ3v) is 1.90. The summed E-state index contributed by atoms with van der Waals surface area (Å²) in [5.74, 6) is -0.154. The number of carbonyl (C=O) groups excluding carboxylic acids is 1. The Hall–Kier alpha value is -1.23. The van der Waals surface area contributed by atoms with Crippen molar-refractivity contribution in [3.05, 3.63) is 24.0 Å². The summed E-state index contributed by atoms with van der Waals surface area (Å²) in [5, 5.41) is 2.73. The number of rotatable bonds is 4. The van der Waals surface area contributed by atoms with Crippen LogP contribution in [0.5, 0.6) is 0 Å². The summed E-state index contributed by atoms with van der Waals surface area (Å²) in [6.45, 7) is 2.59. The Balaban J connectivity index is 2.27. The fourth-order valence-electron chi connectivity index (χ4n) is 0.791. The first-order chi connectivity index (χ1) is 6.34. The molecule has 0 unspecified atom stereocenters. The van der Waals surface area contributed by atoms with Crippen molar-refractivity contribution in [1.29, 1.82) is 0 Å². The van der Waals surface area contributed by atoms with E-state index in [2.05, 4.69) is 14.1 Å². The molecule has 0 aliphatic carbocycles. The zero-order valence-corrected chi connectivity index (χ0v) is 8.17. The lowest BCUT2D eigenvalue weighted by molar-refractivity contribution is 0.0950. The van der Waals surface area contributed by atoms with Crippen molar-refractivity contribution in [2.45, 2.75) is 13.3 Å². The maximum Gasteiger partial charge on any atom is 0.272 e. The molecule has 0 radical (unpaired) electrons. The average Bonchev–Trinajstić information content (AvgIpc) is 2.65. The van der Waals surface area contributed by atoms with Gasteiger partial charge in [-0.1, -0.05) is 12.2 Å². The van der Waals surface area contributed by atoms with E-state index in [1.807, 2.05) is 19.1 Å². The zero-order chi connectivity index (χ0) is 9.52. The first kappa shape index (κ1) is 9.85. The number of hydrogen-bond donors (Lipinski definition) is 1. The summed E-state index contributed by atoms with van der Waals surface area (Å²) in [6, 6.07) is 0. The Morgan fingerprint density at radius 2 is 2.62 bits per heavy atom. The Kier molecular flexibility index (Phi) is 4.11. The highest BCUT2D eigenvalue weighted by Gasteiger charge is 2.05. The molecule has 0 spiro atoms. The van der Waals surface area contributed by atoms with Gasteiger partial charge >= 0.3 is 0 Å². The number of aromatic nitrogens is 2. The predicted molar refractivity (Wildman–Crippen MR) is 51.7 cm³/mol. The molecule has 0 aliphatic rings. The summed E-state index contributed by atoms with van der Waals surface area (Å²) in [7, 11) is 0. The minimum Gasteiger partial charge on any atom is -0.350 e. The lowest BCUT2D eigenvalue weighted by Gasteiger charge is -1.98. The van der Waals surface area contributed by atoms with Gasteiger partial charge in [-0.3, -0.25) is 4.79 Å².